The van der Waals surface area contributed by atoms with Gasteiger partial charge in [0.1, 0.15) is 5.82 Å². The Labute approximate surface area is 110 Å². The van der Waals surface area contributed by atoms with E-state index in [0.717, 1.165) is 24.4 Å². The molecule has 0 bridgehead atoms. The molecule has 0 aliphatic heterocycles. The molecule has 5 heteroatoms. The molecule has 1 heterocycles. The third-order valence-electron chi connectivity index (χ3n) is 2.58. The van der Waals surface area contributed by atoms with Crippen molar-refractivity contribution >= 4 is 17.6 Å². The van der Waals surface area contributed by atoms with Crippen LogP contribution in [0.3, 0.4) is 0 Å². The largest absolute Gasteiger partial charge is 0.478 e. The van der Waals surface area contributed by atoms with Crippen molar-refractivity contribution in [1.29, 1.82) is 0 Å². The van der Waals surface area contributed by atoms with Crippen LogP contribution in [0.25, 0.3) is 11.4 Å². The molecule has 0 unspecified atom stereocenters. The van der Waals surface area contributed by atoms with Crippen molar-refractivity contribution in [2.45, 2.75) is 19.9 Å². The van der Waals surface area contributed by atoms with Gasteiger partial charge in [-0.3, -0.25) is 0 Å². The van der Waals surface area contributed by atoms with Gasteiger partial charge < -0.3 is 9.67 Å². The number of hydrogen-bond acceptors (Lipinski definition) is 2. The fourth-order valence-corrected chi connectivity index (χ4v) is 2.07. The highest BCUT2D eigenvalue weighted by molar-refractivity contribution is 6.31. The van der Waals surface area contributed by atoms with Gasteiger partial charge in [0.2, 0.25) is 0 Å². The van der Waals surface area contributed by atoms with Crippen molar-refractivity contribution in [2.75, 3.05) is 0 Å². The number of aryl methyl sites for hydroxylation is 1. The zero-order chi connectivity index (χ0) is 13.1. The SMILES string of the molecule is CCCn1ccnc1-c1cc(Cl)cc(C(=O)O)c1. The second-order valence-electron chi connectivity index (χ2n) is 3.98. The molecule has 1 N–H and O–H groups in total. The van der Waals surface area contributed by atoms with Gasteiger partial charge in [0.15, 0.2) is 0 Å². The van der Waals surface area contributed by atoms with Gasteiger partial charge in [0, 0.05) is 29.5 Å². The van der Waals surface area contributed by atoms with E-state index in [0.29, 0.717) is 5.02 Å². The predicted octanol–water partition coefficient (Wildman–Crippen LogP) is 3.31. The van der Waals surface area contributed by atoms with E-state index in [-0.39, 0.29) is 5.56 Å². The van der Waals surface area contributed by atoms with Crippen molar-refractivity contribution in [2.24, 2.45) is 0 Å². The second-order valence-corrected chi connectivity index (χ2v) is 4.41. The van der Waals surface area contributed by atoms with Crippen LogP contribution in [0.4, 0.5) is 0 Å². The standard InChI is InChI=1S/C13H13ClN2O2/c1-2-4-16-5-3-15-12(16)9-6-10(13(17)18)8-11(14)7-9/h3,5-8H,2,4H2,1H3,(H,17,18). The summed E-state index contributed by atoms with van der Waals surface area (Å²) in [5.74, 6) is -0.255. The van der Waals surface area contributed by atoms with Gasteiger partial charge in [0.05, 0.1) is 5.56 Å². The fourth-order valence-electron chi connectivity index (χ4n) is 1.83. The summed E-state index contributed by atoms with van der Waals surface area (Å²) in [4.78, 5) is 15.3. The maximum Gasteiger partial charge on any atom is 0.335 e. The van der Waals surface area contributed by atoms with Crippen LogP contribution in [0.15, 0.2) is 30.6 Å². The third kappa shape index (κ3) is 2.54. The van der Waals surface area contributed by atoms with Gasteiger partial charge in [-0.2, -0.15) is 0 Å². The number of aromatic nitrogens is 2. The average molecular weight is 265 g/mol. The number of carboxylic acids is 1. The van der Waals surface area contributed by atoms with Crippen LogP contribution in [0.1, 0.15) is 23.7 Å². The second kappa shape index (κ2) is 5.23. The van der Waals surface area contributed by atoms with Crippen molar-refractivity contribution in [3.63, 3.8) is 0 Å². The fraction of sp³-hybridized carbons (Fsp3) is 0.231. The maximum atomic E-state index is 11.0. The van der Waals surface area contributed by atoms with E-state index >= 15 is 0 Å². The number of carbonyl (C=O) groups is 1. The molecule has 0 fully saturated rings. The first-order valence-corrected chi connectivity index (χ1v) is 6.05. The molecule has 0 saturated heterocycles. The van der Waals surface area contributed by atoms with Crippen LogP contribution in [-0.4, -0.2) is 20.6 Å². The minimum atomic E-state index is -0.993. The molecular weight excluding hydrogens is 252 g/mol. The minimum Gasteiger partial charge on any atom is -0.478 e. The number of carboxylic acid groups (broad SMARTS) is 1. The first-order chi connectivity index (χ1) is 8.61. The Kier molecular flexibility index (Phi) is 3.67. The molecule has 94 valence electrons. The summed E-state index contributed by atoms with van der Waals surface area (Å²) in [5.41, 5.74) is 0.891. The Morgan fingerprint density at radius 3 is 2.89 bits per heavy atom. The Balaban J connectivity index is 2.49. The summed E-state index contributed by atoms with van der Waals surface area (Å²) in [6.45, 7) is 2.91. The maximum absolute atomic E-state index is 11.0. The van der Waals surface area contributed by atoms with Crippen LogP contribution in [-0.2, 0) is 6.54 Å². The van der Waals surface area contributed by atoms with Crippen LogP contribution < -0.4 is 0 Å². The first kappa shape index (κ1) is 12.6. The molecule has 0 aliphatic carbocycles. The number of nitrogens with zero attached hydrogens (tertiary/aromatic N) is 2. The Hall–Kier alpha value is -1.81. The van der Waals surface area contributed by atoms with E-state index in [2.05, 4.69) is 11.9 Å². The van der Waals surface area contributed by atoms with E-state index in [1.165, 1.54) is 6.07 Å². The lowest BCUT2D eigenvalue weighted by Crippen LogP contribution is -2.01. The number of halogens is 1. The number of hydrogen-bond donors (Lipinski definition) is 1. The van der Waals surface area contributed by atoms with Gasteiger partial charge in [-0.05, 0) is 24.6 Å². The van der Waals surface area contributed by atoms with Crippen LogP contribution in [0, 0.1) is 0 Å². The van der Waals surface area contributed by atoms with Gasteiger partial charge in [0.25, 0.3) is 0 Å². The molecule has 4 nitrogen and oxygen atoms in total. The van der Waals surface area contributed by atoms with Gasteiger partial charge >= 0.3 is 5.97 Å². The van der Waals surface area contributed by atoms with Crippen LogP contribution in [0.2, 0.25) is 5.02 Å². The van der Waals surface area contributed by atoms with Gasteiger partial charge in [-0.15, -0.1) is 0 Å². The molecule has 2 rings (SSSR count). The summed E-state index contributed by atoms with van der Waals surface area (Å²) in [7, 11) is 0. The number of imidazole rings is 1. The quantitative estimate of drug-likeness (QED) is 0.922. The lowest BCUT2D eigenvalue weighted by molar-refractivity contribution is 0.0697. The Morgan fingerprint density at radius 2 is 2.22 bits per heavy atom. The minimum absolute atomic E-state index is 0.170. The summed E-state index contributed by atoms with van der Waals surface area (Å²) in [6, 6.07) is 4.74. The Morgan fingerprint density at radius 1 is 1.44 bits per heavy atom. The highest BCUT2D eigenvalue weighted by atomic mass is 35.5. The van der Waals surface area contributed by atoms with Crippen molar-refractivity contribution in [3.05, 3.63) is 41.2 Å². The molecule has 0 amide bonds. The predicted molar refractivity (Wildman–Crippen MR) is 69.9 cm³/mol. The third-order valence-corrected chi connectivity index (χ3v) is 2.80. The molecule has 1 aromatic heterocycles. The highest BCUT2D eigenvalue weighted by Gasteiger charge is 2.11. The summed E-state index contributed by atoms with van der Waals surface area (Å²) >= 11 is 5.94. The zero-order valence-electron chi connectivity index (χ0n) is 9.93. The molecule has 0 saturated carbocycles. The number of benzene rings is 1. The molecule has 0 atom stereocenters. The van der Waals surface area contributed by atoms with E-state index in [1.54, 1.807) is 18.3 Å². The summed E-state index contributed by atoms with van der Waals surface area (Å²) < 4.78 is 1.98. The lowest BCUT2D eigenvalue weighted by Gasteiger charge is -2.07. The zero-order valence-corrected chi connectivity index (χ0v) is 10.7. The van der Waals surface area contributed by atoms with Crippen molar-refractivity contribution < 1.29 is 9.90 Å². The molecule has 18 heavy (non-hydrogen) atoms. The molecule has 2 aromatic rings. The van der Waals surface area contributed by atoms with E-state index < -0.39 is 5.97 Å². The van der Waals surface area contributed by atoms with Crippen LogP contribution >= 0.6 is 11.6 Å². The summed E-state index contributed by atoms with van der Waals surface area (Å²) in [6.07, 6.45) is 4.56. The monoisotopic (exact) mass is 264 g/mol. The van der Waals surface area contributed by atoms with Crippen molar-refractivity contribution in [3.8, 4) is 11.4 Å². The van der Waals surface area contributed by atoms with Crippen molar-refractivity contribution in [1.82, 2.24) is 9.55 Å². The first-order valence-electron chi connectivity index (χ1n) is 5.67. The van der Waals surface area contributed by atoms with Crippen LogP contribution in [0.5, 0.6) is 0 Å². The highest BCUT2D eigenvalue weighted by Crippen LogP contribution is 2.24. The normalized spacial score (nSPS) is 10.6. The number of aromatic carboxylic acids is 1. The smallest absolute Gasteiger partial charge is 0.335 e. The average Bonchev–Trinajstić information content (AvgIpc) is 2.77. The van der Waals surface area contributed by atoms with E-state index in [9.17, 15) is 4.79 Å². The molecule has 0 radical (unpaired) electrons. The number of rotatable bonds is 4. The lowest BCUT2D eigenvalue weighted by atomic mass is 10.1. The molecule has 1 aromatic carbocycles. The molecule has 0 aliphatic rings. The molecule has 0 spiro atoms. The Bertz CT molecular complexity index is 578. The van der Waals surface area contributed by atoms with Gasteiger partial charge in [-0.25, -0.2) is 9.78 Å². The summed E-state index contributed by atoms with van der Waals surface area (Å²) in [5, 5.41) is 9.42. The van der Waals surface area contributed by atoms with E-state index in [4.69, 9.17) is 16.7 Å². The van der Waals surface area contributed by atoms with Gasteiger partial charge in [-0.1, -0.05) is 18.5 Å². The molecular formula is C13H13ClN2O2. The van der Waals surface area contributed by atoms with E-state index in [1.807, 2.05) is 10.8 Å². The topological polar surface area (TPSA) is 55.1 Å².